The van der Waals surface area contributed by atoms with Crippen molar-refractivity contribution in [1.29, 1.82) is 0 Å². The zero-order valence-corrected chi connectivity index (χ0v) is 10.6. The molecule has 0 amide bonds. The van der Waals surface area contributed by atoms with E-state index in [0.29, 0.717) is 6.04 Å². The predicted octanol–water partition coefficient (Wildman–Crippen LogP) is 2.83. The van der Waals surface area contributed by atoms with Crippen LogP contribution in [0.25, 0.3) is 0 Å². The fourth-order valence-electron chi connectivity index (χ4n) is 2.96. The monoisotopic (exact) mass is 213 g/mol. The first-order chi connectivity index (χ1) is 7.29. The number of hydrogen-bond donors (Lipinski definition) is 1. The van der Waals surface area contributed by atoms with Gasteiger partial charge in [-0.15, -0.1) is 0 Å². The van der Waals surface area contributed by atoms with Crippen molar-refractivity contribution >= 4 is 0 Å². The Kier molecular flexibility index (Phi) is 6.26. The molecule has 1 saturated carbocycles. The maximum atomic E-state index is 5.17. The van der Waals surface area contributed by atoms with E-state index in [1.807, 2.05) is 0 Å². The van der Waals surface area contributed by atoms with E-state index in [9.17, 15) is 0 Å². The Bertz CT molecular complexity index is 155. The molecule has 2 unspecified atom stereocenters. The van der Waals surface area contributed by atoms with E-state index in [4.69, 9.17) is 4.74 Å². The molecule has 0 aliphatic heterocycles. The summed E-state index contributed by atoms with van der Waals surface area (Å²) in [6.45, 7) is 3.25. The van der Waals surface area contributed by atoms with Gasteiger partial charge in [-0.3, -0.25) is 0 Å². The highest BCUT2D eigenvalue weighted by atomic mass is 16.5. The number of ether oxygens (including phenoxy) is 1. The molecule has 0 spiro atoms. The van der Waals surface area contributed by atoms with Crippen LogP contribution < -0.4 is 5.32 Å². The molecular formula is C13H27NO. The van der Waals surface area contributed by atoms with Gasteiger partial charge in [0.25, 0.3) is 0 Å². The third-order valence-electron chi connectivity index (χ3n) is 3.88. The number of rotatable bonds is 6. The largest absolute Gasteiger partial charge is 0.385 e. The van der Waals surface area contributed by atoms with Crippen LogP contribution >= 0.6 is 0 Å². The van der Waals surface area contributed by atoms with Crippen molar-refractivity contribution in [1.82, 2.24) is 5.32 Å². The molecule has 0 heterocycles. The maximum Gasteiger partial charge on any atom is 0.0465 e. The molecule has 1 fully saturated rings. The third-order valence-corrected chi connectivity index (χ3v) is 3.88. The van der Waals surface area contributed by atoms with Gasteiger partial charge in [0.05, 0.1) is 0 Å². The molecule has 1 aliphatic rings. The van der Waals surface area contributed by atoms with Gasteiger partial charge in [0.1, 0.15) is 0 Å². The molecule has 15 heavy (non-hydrogen) atoms. The standard InChI is InChI=1S/C13H27NO/c1-11(9-10-15-3)13(14-2)12-7-5-4-6-8-12/h11-14H,4-10H2,1-3H3. The fraction of sp³-hybridized carbons (Fsp3) is 1.00. The third kappa shape index (κ3) is 4.12. The van der Waals surface area contributed by atoms with Crippen molar-refractivity contribution in [3.63, 3.8) is 0 Å². The highest BCUT2D eigenvalue weighted by molar-refractivity contribution is 4.82. The number of hydrogen-bond acceptors (Lipinski definition) is 2. The molecule has 2 heteroatoms. The number of nitrogens with one attached hydrogen (secondary N) is 1. The van der Waals surface area contributed by atoms with Crippen LogP contribution in [0.2, 0.25) is 0 Å². The first-order valence-electron chi connectivity index (χ1n) is 6.45. The Hall–Kier alpha value is -0.0800. The van der Waals surface area contributed by atoms with Crippen molar-refractivity contribution in [2.45, 2.75) is 51.5 Å². The molecule has 0 radical (unpaired) electrons. The van der Waals surface area contributed by atoms with Crippen molar-refractivity contribution in [2.75, 3.05) is 20.8 Å². The van der Waals surface area contributed by atoms with Gasteiger partial charge in [-0.2, -0.15) is 0 Å². The van der Waals surface area contributed by atoms with Crippen molar-refractivity contribution in [3.8, 4) is 0 Å². The van der Waals surface area contributed by atoms with E-state index in [-0.39, 0.29) is 0 Å². The summed E-state index contributed by atoms with van der Waals surface area (Å²) in [6.07, 6.45) is 8.32. The number of methoxy groups -OCH3 is 1. The van der Waals surface area contributed by atoms with Gasteiger partial charge in [-0.05, 0) is 38.1 Å². The van der Waals surface area contributed by atoms with Crippen molar-refractivity contribution < 1.29 is 4.74 Å². The van der Waals surface area contributed by atoms with Gasteiger partial charge in [0.2, 0.25) is 0 Å². The Balaban J connectivity index is 2.37. The fourth-order valence-corrected chi connectivity index (χ4v) is 2.96. The molecule has 1 aliphatic carbocycles. The van der Waals surface area contributed by atoms with Crippen molar-refractivity contribution in [2.24, 2.45) is 11.8 Å². The van der Waals surface area contributed by atoms with Crippen LogP contribution in [-0.4, -0.2) is 26.8 Å². The molecule has 0 saturated heterocycles. The molecule has 0 aromatic rings. The lowest BCUT2D eigenvalue weighted by Gasteiger charge is -2.34. The minimum absolute atomic E-state index is 0.695. The van der Waals surface area contributed by atoms with Gasteiger partial charge in [-0.25, -0.2) is 0 Å². The van der Waals surface area contributed by atoms with Crippen LogP contribution in [0.15, 0.2) is 0 Å². The lowest BCUT2D eigenvalue weighted by atomic mass is 9.78. The highest BCUT2D eigenvalue weighted by Gasteiger charge is 2.26. The minimum atomic E-state index is 0.695. The Morgan fingerprint density at radius 3 is 2.47 bits per heavy atom. The summed E-state index contributed by atoms with van der Waals surface area (Å²) in [5.41, 5.74) is 0. The summed E-state index contributed by atoms with van der Waals surface area (Å²) in [4.78, 5) is 0. The summed E-state index contributed by atoms with van der Waals surface area (Å²) in [6, 6.07) is 0.695. The topological polar surface area (TPSA) is 21.3 Å². The lowest BCUT2D eigenvalue weighted by Crippen LogP contribution is -2.40. The van der Waals surface area contributed by atoms with E-state index in [1.165, 1.54) is 38.5 Å². The molecule has 0 aromatic heterocycles. The average Bonchev–Trinajstić information content (AvgIpc) is 2.29. The molecule has 2 atom stereocenters. The Labute approximate surface area is 94.8 Å². The van der Waals surface area contributed by atoms with Gasteiger partial charge in [0.15, 0.2) is 0 Å². The second kappa shape index (κ2) is 7.24. The van der Waals surface area contributed by atoms with E-state index < -0.39 is 0 Å². The van der Waals surface area contributed by atoms with E-state index in [2.05, 4.69) is 19.3 Å². The average molecular weight is 213 g/mol. The second-order valence-corrected chi connectivity index (χ2v) is 4.97. The van der Waals surface area contributed by atoms with Crippen LogP contribution in [0.5, 0.6) is 0 Å². The van der Waals surface area contributed by atoms with Crippen LogP contribution in [0, 0.1) is 11.8 Å². The zero-order valence-electron chi connectivity index (χ0n) is 10.6. The first-order valence-corrected chi connectivity index (χ1v) is 6.45. The zero-order chi connectivity index (χ0) is 11.1. The minimum Gasteiger partial charge on any atom is -0.385 e. The Morgan fingerprint density at radius 2 is 1.93 bits per heavy atom. The molecule has 0 aromatic carbocycles. The normalized spacial score (nSPS) is 22.6. The molecule has 0 bridgehead atoms. The van der Waals surface area contributed by atoms with E-state index in [0.717, 1.165) is 18.4 Å². The quantitative estimate of drug-likeness (QED) is 0.732. The molecule has 1 rings (SSSR count). The van der Waals surface area contributed by atoms with Crippen LogP contribution in [0.3, 0.4) is 0 Å². The van der Waals surface area contributed by atoms with Crippen LogP contribution in [0.4, 0.5) is 0 Å². The summed E-state index contributed by atoms with van der Waals surface area (Å²) < 4.78 is 5.17. The maximum absolute atomic E-state index is 5.17. The summed E-state index contributed by atoms with van der Waals surface area (Å²) in [5, 5.41) is 3.52. The van der Waals surface area contributed by atoms with Gasteiger partial charge in [0, 0.05) is 19.8 Å². The summed E-state index contributed by atoms with van der Waals surface area (Å²) >= 11 is 0. The smallest absolute Gasteiger partial charge is 0.0465 e. The molecule has 1 N–H and O–H groups in total. The van der Waals surface area contributed by atoms with Gasteiger partial charge < -0.3 is 10.1 Å². The van der Waals surface area contributed by atoms with Gasteiger partial charge >= 0.3 is 0 Å². The van der Waals surface area contributed by atoms with Crippen LogP contribution in [-0.2, 0) is 4.74 Å². The van der Waals surface area contributed by atoms with Crippen molar-refractivity contribution in [3.05, 3.63) is 0 Å². The molecular weight excluding hydrogens is 186 g/mol. The highest BCUT2D eigenvalue weighted by Crippen LogP contribution is 2.30. The molecule has 90 valence electrons. The first kappa shape index (κ1) is 13.0. The second-order valence-electron chi connectivity index (χ2n) is 4.97. The van der Waals surface area contributed by atoms with Gasteiger partial charge in [-0.1, -0.05) is 26.2 Å². The van der Waals surface area contributed by atoms with Crippen LogP contribution in [0.1, 0.15) is 45.4 Å². The summed E-state index contributed by atoms with van der Waals surface area (Å²) in [7, 11) is 3.91. The van der Waals surface area contributed by atoms with E-state index >= 15 is 0 Å². The SMILES string of the molecule is CNC(C(C)CCOC)C1CCCCC1. The predicted molar refractivity (Wildman–Crippen MR) is 65.1 cm³/mol. The summed E-state index contributed by atoms with van der Waals surface area (Å²) in [5.74, 6) is 1.63. The molecule has 2 nitrogen and oxygen atoms in total. The Morgan fingerprint density at radius 1 is 1.27 bits per heavy atom. The van der Waals surface area contributed by atoms with E-state index in [1.54, 1.807) is 7.11 Å². The lowest BCUT2D eigenvalue weighted by molar-refractivity contribution is 0.150.